The second-order valence-corrected chi connectivity index (χ2v) is 6.22. The van der Waals surface area contributed by atoms with Gasteiger partial charge in [0.25, 0.3) is 0 Å². The molecule has 0 radical (unpaired) electrons. The van der Waals surface area contributed by atoms with Crippen LogP contribution in [-0.4, -0.2) is 47.3 Å². The summed E-state index contributed by atoms with van der Waals surface area (Å²) in [6, 6.07) is 7.30. The molecule has 1 fully saturated rings. The van der Waals surface area contributed by atoms with Crippen molar-refractivity contribution in [2.45, 2.75) is 25.7 Å². The van der Waals surface area contributed by atoms with Gasteiger partial charge in [-0.3, -0.25) is 4.79 Å². The van der Waals surface area contributed by atoms with Crippen molar-refractivity contribution >= 4 is 17.5 Å². The Labute approximate surface area is 145 Å². The highest BCUT2D eigenvalue weighted by atomic mass is 35.5. The van der Waals surface area contributed by atoms with E-state index in [2.05, 4.69) is 10.1 Å². The minimum Gasteiger partial charge on any atom is -0.372 e. The summed E-state index contributed by atoms with van der Waals surface area (Å²) in [6.07, 6.45) is 1.85. The summed E-state index contributed by atoms with van der Waals surface area (Å²) >= 11 is 5.90. The zero-order chi connectivity index (χ0) is 16.9. The molecule has 3 rings (SSSR count). The van der Waals surface area contributed by atoms with Crippen LogP contribution >= 0.6 is 11.6 Å². The molecule has 0 bridgehead atoms. The summed E-state index contributed by atoms with van der Waals surface area (Å²) in [5.74, 6) is 1.20. The Morgan fingerprint density at radius 2 is 2.21 bits per heavy atom. The van der Waals surface area contributed by atoms with Crippen LogP contribution in [0.5, 0.6) is 0 Å². The van der Waals surface area contributed by atoms with Gasteiger partial charge in [-0.05, 0) is 44.0 Å². The number of nitrogens with zero attached hydrogens (tertiary/aromatic N) is 3. The number of halogens is 1. The van der Waals surface area contributed by atoms with Crippen molar-refractivity contribution < 1.29 is 14.1 Å². The SMILES string of the molecule is CCOCC(=O)N1CCC[C@H](c2nc(-c3ccc(Cl)cc3)no2)C1. The third-order valence-electron chi connectivity index (χ3n) is 4.10. The van der Waals surface area contributed by atoms with Crippen molar-refractivity contribution in [1.82, 2.24) is 15.0 Å². The van der Waals surface area contributed by atoms with E-state index in [0.717, 1.165) is 24.9 Å². The van der Waals surface area contributed by atoms with E-state index < -0.39 is 0 Å². The highest BCUT2D eigenvalue weighted by Crippen LogP contribution is 2.28. The van der Waals surface area contributed by atoms with Gasteiger partial charge in [-0.25, -0.2) is 0 Å². The number of hydrogen-bond acceptors (Lipinski definition) is 5. The number of aromatic nitrogens is 2. The highest BCUT2D eigenvalue weighted by molar-refractivity contribution is 6.30. The lowest BCUT2D eigenvalue weighted by Gasteiger charge is -2.30. The van der Waals surface area contributed by atoms with Gasteiger partial charge < -0.3 is 14.2 Å². The predicted octanol–water partition coefficient (Wildman–Crippen LogP) is 3.13. The van der Waals surface area contributed by atoms with Crippen LogP contribution in [0.2, 0.25) is 5.02 Å². The van der Waals surface area contributed by atoms with E-state index in [0.29, 0.717) is 29.9 Å². The summed E-state index contributed by atoms with van der Waals surface area (Å²) in [5, 5.41) is 4.72. The van der Waals surface area contributed by atoms with Gasteiger partial charge >= 0.3 is 0 Å². The zero-order valence-corrected chi connectivity index (χ0v) is 14.3. The van der Waals surface area contributed by atoms with Crippen LogP contribution in [0.3, 0.4) is 0 Å². The highest BCUT2D eigenvalue weighted by Gasteiger charge is 2.28. The zero-order valence-electron chi connectivity index (χ0n) is 13.6. The van der Waals surface area contributed by atoms with Crippen molar-refractivity contribution in [3.05, 3.63) is 35.2 Å². The van der Waals surface area contributed by atoms with Crippen molar-refractivity contribution in [3.63, 3.8) is 0 Å². The fraction of sp³-hybridized carbons (Fsp3) is 0.471. The van der Waals surface area contributed by atoms with E-state index in [9.17, 15) is 4.79 Å². The molecule has 7 heteroatoms. The van der Waals surface area contributed by atoms with Gasteiger partial charge in [0.05, 0.1) is 5.92 Å². The second-order valence-electron chi connectivity index (χ2n) is 5.78. The maximum atomic E-state index is 12.1. The van der Waals surface area contributed by atoms with Gasteiger partial charge in [0.1, 0.15) is 6.61 Å². The first-order chi connectivity index (χ1) is 11.7. The molecular weight excluding hydrogens is 330 g/mol. The van der Waals surface area contributed by atoms with E-state index >= 15 is 0 Å². The summed E-state index contributed by atoms with van der Waals surface area (Å²) in [6.45, 7) is 3.89. The summed E-state index contributed by atoms with van der Waals surface area (Å²) in [4.78, 5) is 18.4. The normalized spacial score (nSPS) is 17.9. The monoisotopic (exact) mass is 349 g/mol. The molecule has 1 aromatic carbocycles. The molecule has 2 aromatic rings. The second kappa shape index (κ2) is 7.77. The molecule has 1 saturated heterocycles. The number of benzene rings is 1. The molecular formula is C17H20ClN3O3. The number of likely N-dealkylation sites (tertiary alicyclic amines) is 1. The van der Waals surface area contributed by atoms with Crippen LogP contribution in [-0.2, 0) is 9.53 Å². The molecule has 1 amide bonds. The van der Waals surface area contributed by atoms with E-state index in [-0.39, 0.29) is 18.4 Å². The number of ether oxygens (including phenoxy) is 1. The Morgan fingerprint density at radius 3 is 2.96 bits per heavy atom. The quantitative estimate of drug-likeness (QED) is 0.829. The van der Waals surface area contributed by atoms with E-state index in [1.165, 1.54) is 0 Å². The third kappa shape index (κ3) is 3.94. The summed E-state index contributed by atoms with van der Waals surface area (Å²) in [5.41, 5.74) is 0.856. The average molecular weight is 350 g/mol. The van der Waals surface area contributed by atoms with Crippen molar-refractivity contribution in [3.8, 4) is 11.4 Å². The van der Waals surface area contributed by atoms with Gasteiger partial charge in [0.2, 0.25) is 17.6 Å². The van der Waals surface area contributed by atoms with E-state index in [4.69, 9.17) is 20.9 Å². The minimum absolute atomic E-state index is 0.0130. The standard InChI is InChI=1S/C17H20ClN3O3/c1-2-23-11-15(22)21-9-3-4-13(10-21)17-19-16(20-24-17)12-5-7-14(18)8-6-12/h5-8,13H,2-4,9-11H2,1H3/t13-/m0/s1. The van der Waals surface area contributed by atoms with Crippen LogP contribution in [0.25, 0.3) is 11.4 Å². The number of rotatable bonds is 5. The van der Waals surface area contributed by atoms with Crippen LogP contribution in [0.4, 0.5) is 0 Å². The fourth-order valence-electron chi connectivity index (χ4n) is 2.80. The fourth-order valence-corrected chi connectivity index (χ4v) is 2.93. The van der Waals surface area contributed by atoms with Crippen LogP contribution in [0.1, 0.15) is 31.6 Å². The molecule has 0 spiro atoms. The smallest absolute Gasteiger partial charge is 0.248 e. The topological polar surface area (TPSA) is 68.5 Å². The summed E-state index contributed by atoms with van der Waals surface area (Å²) < 4.78 is 10.6. The van der Waals surface area contributed by atoms with Crippen molar-refractivity contribution in [2.24, 2.45) is 0 Å². The van der Waals surface area contributed by atoms with E-state index in [1.807, 2.05) is 24.0 Å². The molecule has 0 N–H and O–H groups in total. The number of carbonyl (C=O) groups is 1. The Morgan fingerprint density at radius 1 is 1.42 bits per heavy atom. The van der Waals surface area contributed by atoms with Gasteiger partial charge in [-0.15, -0.1) is 0 Å². The van der Waals surface area contributed by atoms with Gasteiger partial charge in [0.15, 0.2) is 0 Å². The molecule has 1 aromatic heterocycles. The Bertz CT molecular complexity index is 687. The lowest BCUT2D eigenvalue weighted by atomic mass is 9.98. The number of piperidine rings is 1. The number of amides is 1. The molecule has 1 aliphatic heterocycles. The third-order valence-corrected chi connectivity index (χ3v) is 4.35. The maximum absolute atomic E-state index is 12.1. The van der Waals surface area contributed by atoms with Crippen LogP contribution < -0.4 is 0 Å². The maximum Gasteiger partial charge on any atom is 0.248 e. The van der Waals surface area contributed by atoms with E-state index in [1.54, 1.807) is 12.1 Å². The molecule has 2 heterocycles. The van der Waals surface area contributed by atoms with Gasteiger partial charge in [0, 0.05) is 30.3 Å². The molecule has 128 valence electrons. The molecule has 24 heavy (non-hydrogen) atoms. The minimum atomic E-state index is 0.0130. The van der Waals surface area contributed by atoms with Gasteiger partial charge in [-0.2, -0.15) is 4.98 Å². The number of hydrogen-bond donors (Lipinski definition) is 0. The molecule has 0 unspecified atom stereocenters. The lowest BCUT2D eigenvalue weighted by molar-refractivity contribution is -0.137. The molecule has 1 atom stereocenters. The molecule has 0 aliphatic carbocycles. The predicted molar refractivity (Wildman–Crippen MR) is 89.8 cm³/mol. The van der Waals surface area contributed by atoms with Crippen molar-refractivity contribution in [2.75, 3.05) is 26.3 Å². The Kier molecular flexibility index (Phi) is 5.48. The lowest BCUT2D eigenvalue weighted by Crippen LogP contribution is -2.41. The molecule has 0 saturated carbocycles. The largest absolute Gasteiger partial charge is 0.372 e. The first kappa shape index (κ1) is 16.9. The van der Waals surface area contributed by atoms with Crippen molar-refractivity contribution in [1.29, 1.82) is 0 Å². The molecule has 1 aliphatic rings. The molecule has 6 nitrogen and oxygen atoms in total. The first-order valence-corrected chi connectivity index (χ1v) is 8.50. The Hall–Kier alpha value is -1.92. The van der Waals surface area contributed by atoms with Crippen LogP contribution in [0, 0.1) is 0 Å². The van der Waals surface area contributed by atoms with Crippen LogP contribution in [0.15, 0.2) is 28.8 Å². The number of carbonyl (C=O) groups excluding carboxylic acids is 1. The summed E-state index contributed by atoms with van der Waals surface area (Å²) in [7, 11) is 0. The first-order valence-electron chi connectivity index (χ1n) is 8.12. The van der Waals surface area contributed by atoms with Gasteiger partial charge in [-0.1, -0.05) is 16.8 Å². The average Bonchev–Trinajstić information content (AvgIpc) is 3.10. The Balaban J connectivity index is 1.68.